The van der Waals surface area contributed by atoms with Gasteiger partial charge >= 0.3 is 10.2 Å². The number of anilines is 1. The summed E-state index contributed by atoms with van der Waals surface area (Å²) < 4.78 is 92.3. The molecule has 176 valence electrons. The van der Waals surface area contributed by atoms with Crippen LogP contribution >= 0.6 is 10.2 Å². The number of amides is 1. The first-order chi connectivity index (χ1) is 14.4. The van der Waals surface area contributed by atoms with Crippen molar-refractivity contribution in [3.63, 3.8) is 0 Å². The lowest BCUT2D eigenvalue weighted by atomic mass is 9.86. The Morgan fingerprint density at radius 1 is 1.12 bits per heavy atom. The van der Waals surface area contributed by atoms with Crippen LogP contribution in [0.3, 0.4) is 0 Å². The Morgan fingerprint density at radius 2 is 1.72 bits per heavy atom. The standard InChI is InChI=1S/C18H19F5N4O3S2/c1-3-18(17(24)28,12-7-9-13(10-8-12)32(19,20,21,22)23)27-16-6-4-5-15(14(16)11-25-27)26-31(2,29)30/h4-11,26H,3H2,1-2H3,(H2,24,28). The third kappa shape index (κ3) is 4.24. The van der Waals surface area contributed by atoms with Crippen molar-refractivity contribution < 1.29 is 32.6 Å². The third-order valence-electron chi connectivity index (χ3n) is 4.97. The Bertz CT molecular complexity index is 1320. The first-order valence-electron chi connectivity index (χ1n) is 8.98. The molecule has 0 saturated carbocycles. The molecule has 7 nitrogen and oxygen atoms in total. The second-order valence-electron chi connectivity index (χ2n) is 7.24. The molecule has 1 heterocycles. The van der Waals surface area contributed by atoms with E-state index in [4.69, 9.17) is 5.73 Å². The number of fused-ring (bicyclic) bond motifs is 1. The number of carbonyl (C=O) groups excluding carboxylic acids is 1. The molecule has 14 heteroatoms. The predicted octanol–water partition coefficient (Wildman–Crippen LogP) is 4.70. The predicted molar refractivity (Wildman–Crippen MR) is 113 cm³/mol. The molecule has 1 amide bonds. The number of carbonyl (C=O) groups is 1. The highest BCUT2D eigenvalue weighted by Gasteiger charge is 2.65. The second kappa shape index (κ2) is 6.57. The molecule has 1 aromatic heterocycles. The van der Waals surface area contributed by atoms with Crippen LogP contribution in [0.5, 0.6) is 0 Å². The molecule has 32 heavy (non-hydrogen) atoms. The summed E-state index contributed by atoms with van der Waals surface area (Å²) in [6, 6.07) is 6.36. The summed E-state index contributed by atoms with van der Waals surface area (Å²) in [5.74, 6) is -0.994. The van der Waals surface area contributed by atoms with Crippen molar-refractivity contribution in [2.45, 2.75) is 23.8 Å². The Balaban J connectivity index is 2.25. The number of sulfonamides is 1. The average molecular weight is 498 g/mol. The Morgan fingerprint density at radius 3 is 2.19 bits per heavy atom. The van der Waals surface area contributed by atoms with Gasteiger partial charge in [-0.1, -0.05) is 44.6 Å². The molecular weight excluding hydrogens is 479 g/mol. The van der Waals surface area contributed by atoms with Crippen LogP contribution < -0.4 is 10.5 Å². The molecule has 3 N–H and O–H groups in total. The number of aromatic nitrogens is 2. The maximum Gasteiger partial charge on any atom is 0.310 e. The maximum atomic E-state index is 13.1. The molecule has 1 atom stereocenters. The highest BCUT2D eigenvalue weighted by atomic mass is 32.5. The smallest absolute Gasteiger partial charge is 0.310 e. The zero-order chi connectivity index (χ0) is 24.2. The number of rotatable bonds is 7. The van der Waals surface area contributed by atoms with Gasteiger partial charge in [0, 0.05) is 5.39 Å². The van der Waals surface area contributed by atoms with Crippen LogP contribution in [-0.2, 0) is 20.4 Å². The number of nitrogens with zero attached hydrogens (tertiary/aromatic N) is 2. The lowest BCUT2D eigenvalue weighted by Gasteiger charge is -2.41. The number of benzene rings is 2. The molecule has 1 unspecified atom stereocenters. The van der Waals surface area contributed by atoms with Crippen LogP contribution in [0, 0.1) is 0 Å². The number of nitrogens with two attached hydrogens (primary N) is 1. The van der Waals surface area contributed by atoms with Crippen molar-refractivity contribution in [1.29, 1.82) is 0 Å². The van der Waals surface area contributed by atoms with Crippen LogP contribution in [0.15, 0.2) is 53.6 Å². The number of primary amides is 1. The van der Waals surface area contributed by atoms with Gasteiger partial charge in [0.05, 0.1) is 23.7 Å². The van der Waals surface area contributed by atoms with Crippen LogP contribution in [0.25, 0.3) is 10.9 Å². The zero-order valence-electron chi connectivity index (χ0n) is 16.7. The van der Waals surface area contributed by atoms with Gasteiger partial charge in [0.2, 0.25) is 15.9 Å². The minimum Gasteiger partial charge on any atom is -0.367 e. The van der Waals surface area contributed by atoms with E-state index in [-0.39, 0.29) is 35.3 Å². The molecule has 0 bridgehead atoms. The van der Waals surface area contributed by atoms with Crippen LogP contribution in [0.1, 0.15) is 18.9 Å². The van der Waals surface area contributed by atoms with E-state index in [0.29, 0.717) is 5.39 Å². The summed E-state index contributed by atoms with van der Waals surface area (Å²) >= 11 is 0. The summed E-state index contributed by atoms with van der Waals surface area (Å²) in [6.07, 6.45) is 2.12. The van der Waals surface area contributed by atoms with E-state index in [1.165, 1.54) is 31.3 Å². The monoisotopic (exact) mass is 498 g/mol. The average Bonchev–Trinajstić information content (AvgIpc) is 3.06. The van der Waals surface area contributed by atoms with Gasteiger partial charge in [-0.2, -0.15) is 5.10 Å². The summed E-state index contributed by atoms with van der Waals surface area (Å²) in [7, 11) is -13.6. The number of hydrogen-bond acceptors (Lipinski definition) is 4. The fraction of sp³-hybridized carbons (Fsp3) is 0.222. The Kier molecular flexibility index (Phi) is 4.88. The lowest BCUT2D eigenvalue weighted by molar-refractivity contribution is -0.125. The highest BCUT2D eigenvalue weighted by molar-refractivity contribution is 8.45. The zero-order valence-corrected chi connectivity index (χ0v) is 18.4. The first-order valence-corrected chi connectivity index (χ1v) is 12.8. The van der Waals surface area contributed by atoms with Crippen molar-refractivity contribution in [3.05, 3.63) is 54.2 Å². The quantitative estimate of drug-likeness (QED) is 0.460. The number of hydrogen-bond donors (Lipinski definition) is 2. The van der Waals surface area contributed by atoms with E-state index in [1.54, 1.807) is 0 Å². The van der Waals surface area contributed by atoms with E-state index in [1.807, 2.05) is 0 Å². The maximum absolute atomic E-state index is 13.1. The van der Waals surface area contributed by atoms with E-state index in [9.17, 15) is 32.6 Å². The van der Waals surface area contributed by atoms with Gasteiger partial charge in [0.1, 0.15) is 4.90 Å². The minimum absolute atomic E-state index is 0.0847. The van der Waals surface area contributed by atoms with Crippen molar-refractivity contribution in [2.24, 2.45) is 5.73 Å². The summed E-state index contributed by atoms with van der Waals surface area (Å²) in [4.78, 5) is 10.5. The molecule has 3 aromatic rings. The molecular formula is C18H19F5N4O3S2. The van der Waals surface area contributed by atoms with Crippen LogP contribution in [0.4, 0.5) is 25.1 Å². The van der Waals surface area contributed by atoms with Crippen molar-refractivity contribution >= 4 is 42.7 Å². The fourth-order valence-corrected chi connectivity index (χ4v) is 4.76. The topological polar surface area (TPSA) is 107 Å². The molecule has 0 radical (unpaired) electrons. The van der Waals surface area contributed by atoms with Gasteiger partial charge in [-0.05, 0) is 36.2 Å². The van der Waals surface area contributed by atoms with Gasteiger partial charge in [-0.3, -0.25) is 9.52 Å². The van der Waals surface area contributed by atoms with Crippen molar-refractivity contribution in [3.8, 4) is 0 Å². The van der Waals surface area contributed by atoms with Gasteiger partial charge < -0.3 is 5.73 Å². The Labute approximate surface area is 180 Å². The molecule has 0 saturated heterocycles. The van der Waals surface area contributed by atoms with E-state index >= 15 is 0 Å². The first kappa shape index (κ1) is 23.8. The van der Waals surface area contributed by atoms with Gasteiger partial charge in [-0.15, -0.1) is 0 Å². The number of nitrogens with one attached hydrogen (secondary N) is 1. The second-order valence-corrected chi connectivity index (χ2v) is 11.4. The Hall–Kier alpha value is -2.87. The molecule has 0 spiro atoms. The highest BCUT2D eigenvalue weighted by Crippen LogP contribution is 3.02. The van der Waals surface area contributed by atoms with Crippen LogP contribution in [-0.4, -0.2) is 30.4 Å². The van der Waals surface area contributed by atoms with Crippen molar-refractivity contribution in [1.82, 2.24) is 9.78 Å². The SMILES string of the molecule is CCC(C(N)=O)(c1ccc(S(F)(F)(F)(F)F)cc1)n1ncc2c(NS(C)(=O)=O)cccc21. The van der Waals surface area contributed by atoms with Crippen molar-refractivity contribution in [2.75, 3.05) is 11.0 Å². The molecule has 3 rings (SSSR count). The van der Waals surface area contributed by atoms with E-state index in [0.717, 1.165) is 23.1 Å². The summed E-state index contributed by atoms with van der Waals surface area (Å²) in [5.41, 5.74) is 4.11. The minimum atomic E-state index is -9.91. The summed E-state index contributed by atoms with van der Waals surface area (Å²) in [6.45, 7) is 1.52. The fourth-order valence-electron chi connectivity index (χ4n) is 3.53. The van der Waals surface area contributed by atoms with Crippen LogP contribution in [0.2, 0.25) is 0 Å². The van der Waals surface area contributed by atoms with E-state index in [2.05, 4.69) is 9.82 Å². The normalized spacial score (nSPS) is 16.7. The molecule has 0 aliphatic carbocycles. The molecule has 2 aromatic carbocycles. The lowest BCUT2D eigenvalue weighted by Crippen LogP contribution is -2.47. The van der Waals surface area contributed by atoms with E-state index < -0.39 is 36.6 Å². The van der Waals surface area contributed by atoms with Gasteiger partial charge in [0.25, 0.3) is 0 Å². The van der Waals surface area contributed by atoms with Gasteiger partial charge in [0.15, 0.2) is 5.54 Å². The summed E-state index contributed by atoms with van der Waals surface area (Å²) in [5, 5.41) is 4.44. The number of halogens is 5. The third-order valence-corrected chi connectivity index (χ3v) is 6.72. The molecule has 0 fully saturated rings. The molecule has 0 aliphatic heterocycles. The molecule has 0 aliphatic rings. The largest absolute Gasteiger partial charge is 0.367 e. The van der Waals surface area contributed by atoms with Gasteiger partial charge in [-0.25, -0.2) is 13.1 Å².